The smallest absolute Gasteiger partial charge is 0.308 e. The highest BCUT2D eigenvalue weighted by Gasteiger charge is 2.58. The Balaban J connectivity index is 1.26. The van der Waals surface area contributed by atoms with Gasteiger partial charge in [0, 0.05) is 41.3 Å². The van der Waals surface area contributed by atoms with E-state index in [4.69, 9.17) is 18.9 Å². The van der Waals surface area contributed by atoms with Crippen LogP contribution in [0.25, 0.3) is 22.2 Å². The first-order chi connectivity index (χ1) is 26.4. The number of benzene rings is 1. The Morgan fingerprint density at radius 1 is 1.11 bits per heavy atom. The topological polar surface area (TPSA) is 179 Å². The number of hydrogen-bond acceptors (Lipinski definition) is 13. The summed E-state index contributed by atoms with van der Waals surface area (Å²) < 4.78 is 25.8. The summed E-state index contributed by atoms with van der Waals surface area (Å²) in [6.45, 7) is 7.63. The van der Waals surface area contributed by atoms with E-state index in [0.717, 1.165) is 28.3 Å². The molecule has 296 valence electrons. The van der Waals surface area contributed by atoms with Crippen molar-refractivity contribution < 1.29 is 43.5 Å². The Hall–Kier alpha value is -4.18. The number of carbonyl (C=O) groups is 3. The first-order valence-electron chi connectivity index (χ1n) is 19.1. The summed E-state index contributed by atoms with van der Waals surface area (Å²) in [4.78, 5) is 45.6. The average Bonchev–Trinajstić information content (AvgIpc) is 3.77. The normalized spacial score (nSPS) is 35.1. The molecule has 12 atom stereocenters. The molecule has 6 rings (SSSR count). The first-order valence-corrected chi connectivity index (χ1v) is 19.1. The monoisotopic (exact) mass is 759 g/mol. The minimum absolute atomic E-state index is 0.0237. The summed E-state index contributed by atoms with van der Waals surface area (Å²) in [5.41, 5.74) is 3.12. The fourth-order valence-corrected chi connectivity index (χ4v) is 7.88. The maximum Gasteiger partial charge on any atom is 0.308 e. The van der Waals surface area contributed by atoms with Gasteiger partial charge in [-0.05, 0) is 58.0 Å². The van der Waals surface area contributed by atoms with Gasteiger partial charge in [-0.25, -0.2) is 0 Å². The molecule has 5 heterocycles. The molecule has 14 nitrogen and oxygen atoms in total. The van der Waals surface area contributed by atoms with E-state index in [1.165, 1.54) is 6.08 Å². The van der Waals surface area contributed by atoms with E-state index >= 15 is 0 Å². The fraction of sp³-hybridized carbons (Fsp3) is 0.561. The van der Waals surface area contributed by atoms with Crippen molar-refractivity contribution in [2.45, 2.75) is 109 Å². The summed E-state index contributed by atoms with van der Waals surface area (Å²) in [6.07, 6.45) is 4.12. The largest absolute Gasteiger partial charge is 0.462 e. The van der Waals surface area contributed by atoms with Gasteiger partial charge < -0.3 is 38.9 Å². The number of fused-ring (bicyclic) bond motifs is 2. The van der Waals surface area contributed by atoms with Crippen LogP contribution in [0.5, 0.6) is 0 Å². The molecule has 0 amide bonds. The van der Waals surface area contributed by atoms with Crippen LogP contribution in [0.2, 0.25) is 0 Å². The predicted octanol–water partition coefficient (Wildman–Crippen LogP) is 3.89. The van der Waals surface area contributed by atoms with Gasteiger partial charge in [0.25, 0.3) is 0 Å². The van der Waals surface area contributed by atoms with Gasteiger partial charge in [-0.2, -0.15) is 0 Å². The van der Waals surface area contributed by atoms with Crippen molar-refractivity contribution in [3.05, 3.63) is 66.5 Å². The number of pyridine rings is 1. The number of aliphatic hydroxyl groups is 2. The number of cyclic esters (lactones) is 1. The zero-order valence-electron chi connectivity index (χ0n) is 32.3. The second-order valence-corrected chi connectivity index (χ2v) is 15.4. The molecule has 1 aromatic carbocycles. The molecule has 0 spiro atoms. The molecular formula is C41H53N5O9. The van der Waals surface area contributed by atoms with Crippen LogP contribution in [0.15, 0.2) is 66.5 Å². The molecular weight excluding hydrogens is 706 g/mol. The number of aromatic nitrogens is 4. The molecule has 3 unspecified atom stereocenters. The van der Waals surface area contributed by atoms with E-state index in [2.05, 4.69) is 15.3 Å². The Bertz CT molecular complexity index is 1880. The number of allylic oxidation sites excluding steroid dienone is 3. The number of carbonyl (C=O) groups excluding carboxylic acids is 3. The van der Waals surface area contributed by atoms with E-state index in [0.29, 0.717) is 18.7 Å². The van der Waals surface area contributed by atoms with E-state index in [1.807, 2.05) is 75.4 Å². The number of likely N-dealkylation sites (N-methyl/N-ethyl adjacent to an activating group) is 1. The number of hydrogen-bond donors (Lipinski definition) is 2. The maximum absolute atomic E-state index is 13.6. The van der Waals surface area contributed by atoms with Gasteiger partial charge in [0.1, 0.15) is 30.3 Å². The lowest BCUT2D eigenvalue weighted by atomic mass is 9.79. The number of rotatable bonds is 9. The third kappa shape index (κ3) is 9.62. The fourth-order valence-electron chi connectivity index (χ4n) is 7.88. The molecule has 55 heavy (non-hydrogen) atoms. The molecule has 2 aromatic heterocycles. The summed E-state index contributed by atoms with van der Waals surface area (Å²) in [7, 11) is 3.65. The van der Waals surface area contributed by atoms with Crippen LogP contribution in [0.1, 0.15) is 53.4 Å². The summed E-state index contributed by atoms with van der Waals surface area (Å²) in [5.74, 6) is -2.90. The van der Waals surface area contributed by atoms with Gasteiger partial charge in [-0.3, -0.25) is 19.3 Å². The maximum atomic E-state index is 13.6. The van der Waals surface area contributed by atoms with Gasteiger partial charge in [-0.15, -0.1) is 5.10 Å². The highest BCUT2D eigenvalue weighted by atomic mass is 16.8. The number of ketones is 1. The third-order valence-electron chi connectivity index (χ3n) is 11.1. The van der Waals surface area contributed by atoms with Crippen molar-refractivity contribution in [3.8, 4) is 11.3 Å². The van der Waals surface area contributed by atoms with Crippen LogP contribution in [0.3, 0.4) is 0 Å². The summed E-state index contributed by atoms with van der Waals surface area (Å²) in [5, 5.41) is 32.7. The number of aliphatic hydroxyl groups excluding tert-OH is 2. The predicted molar refractivity (Wildman–Crippen MR) is 202 cm³/mol. The van der Waals surface area contributed by atoms with E-state index < -0.39 is 66.8 Å². The molecule has 2 N–H and O–H groups in total. The molecule has 3 aliphatic rings. The molecule has 0 bridgehead atoms. The number of nitrogens with zero attached hydrogens (tertiary/aromatic N) is 5. The average molecular weight is 760 g/mol. The minimum atomic E-state index is -1.25. The zero-order valence-corrected chi connectivity index (χ0v) is 32.3. The molecule has 2 fully saturated rings. The lowest BCUT2D eigenvalue weighted by Gasteiger charge is -2.41. The highest BCUT2D eigenvalue weighted by molar-refractivity contribution is 5.91. The van der Waals surface area contributed by atoms with Gasteiger partial charge in [-0.1, -0.05) is 61.9 Å². The van der Waals surface area contributed by atoms with Crippen LogP contribution in [-0.4, -0.2) is 116 Å². The van der Waals surface area contributed by atoms with Crippen LogP contribution in [0, 0.1) is 23.7 Å². The second-order valence-electron chi connectivity index (χ2n) is 15.4. The third-order valence-corrected chi connectivity index (χ3v) is 11.1. The van der Waals surface area contributed by atoms with Crippen molar-refractivity contribution >= 4 is 28.9 Å². The molecule has 0 aliphatic carbocycles. The minimum Gasteiger partial charge on any atom is -0.462 e. The molecule has 3 aromatic rings. The van der Waals surface area contributed by atoms with Crippen molar-refractivity contribution in [2.24, 2.45) is 23.7 Å². The quantitative estimate of drug-likeness (QED) is 0.183. The molecule has 0 radical (unpaired) electrons. The molecule has 2 saturated heterocycles. The summed E-state index contributed by atoms with van der Waals surface area (Å²) in [6, 6.07) is 9.43. The standard InChI is InChI=1S/C41H53N5O9/c1-7-34-29(21-46-22-31(43-44-46)28-18-26-10-8-9-11-30(26)42-20-28)16-23(2)12-13-32(48)24(3)17-27(14-15-47)38(25(4)33(49)19-35(50)52-34)53-40-37(51)36(45(5)6)39-41(54-39)55-40/h8-13,15-16,18,20,22,24-25,27,29,33-34,36-41,49,51H,7,14,17,19,21H2,1-6H3/b13-12+,23-16+/t24-,25+,27+,29-,33-,34-,36?,37?,38-,39?,40-,41+/m1/s1. The lowest BCUT2D eigenvalue weighted by molar-refractivity contribution is -0.269. The zero-order chi connectivity index (χ0) is 39.4. The number of para-hydroxylation sites is 1. The number of aldehydes is 1. The number of epoxide rings is 1. The van der Waals surface area contributed by atoms with Crippen LogP contribution >= 0.6 is 0 Å². The Morgan fingerprint density at radius 3 is 2.64 bits per heavy atom. The van der Waals surface area contributed by atoms with Crippen molar-refractivity contribution in [1.29, 1.82) is 0 Å². The van der Waals surface area contributed by atoms with Gasteiger partial charge in [0.05, 0.1) is 42.9 Å². The Kier molecular flexibility index (Phi) is 13.1. The Morgan fingerprint density at radius 2 is 1.89 bits per heavy atom. The number of ether oxygens (including phenoxy) is 4. The molecule has 14 heteroatoms. The highest BCUT2D eigenvalue weighted by Crippen LogP contribution is 2.40. The Labute approximate surface area is 321 Å². The van der Waals surface area contributed by atoms with Crippen molar-refractivity contribution in [1.82, 2.24) is 24.9 Å². The SMILES string of the molecule is CC[C@H]1OC(=O)C[C@@H](O)[C@H](C)[C@@H](O[C@@H]2O[C@@H]3OC3C(N(C)C)C2O)[C@@H](CC=O)C[C@@H](C)C(=O)/C=C/C(C)=C/[C@@H]1Cn1cc(-c2cnc3ccccc3c2)nn1. The lowest BCUT2D eigenvalue weighted by Crippen LogP contribution is -2.56. The summed E-state index contributed by atoms with van der Waals surface area (Å²) >= 11 is 0. The molecule has 0 saturated carbocycles. The van der Waals surface area contributed by atoms with E-state index in [1.54, 1.807) is 30.8 Å². The van der Waals surface area contributed by atoms with Crippen LogP contribution in [-0.2, 0) is 39.9 Å². The molecule has 3 aliphatic heterocycles. The van der Waals surface area contributed by atoms with Crippen LogP contribution < -0.4 is 0 Å². The second kappa shape index (κ2) is 17.7. The van der Waals surface area contributed by atoms with Gasteiger partial charge >= 0.3 is 5.97 Å². The van der Waals surface area contributed by atoms with Crippen molar-refractivity contribution in [2.75, 3.05) is 14.1 Å². The van der Waals surface area contributed by atoms with Gasteiger partial charge in [0.15, 0.2) is 18.4 Å². The van der Waals surface area contributed by atoms with E-state index in [9.17, 15) is 24.6 Å². The van der Waals surface area contributed by atoms with Crippen LogP contribution in [0.4, 0.5) is 0 Å². The van der Waals surface area contributed by atoms with Crippen molar-refractivity contribution in [3.63, 3.8) is 0 Å². The van der Waals surface area contributed by atoms with E-state index in [-0.39, 0.29) is 37.1 Å². The number of esters is 1. The first kappa shape index (κ1) is 40.5. The van der Waals surface area contributed by atoms with Gasteiger partial charge in [0.2, 0.25) is 0 Å².